The third-order valence-electron chi connectivity index (χ3n) is 4.69. The number of nitrogens with one attached hydrogen (secondary N) is 3. The number of rotatable bonds is 9. The molecule has 0 atom stereocenters. The van der Waals surface area contributed by atoms with E-state index in [2.05, 4.69) is 20.3 Å². The zero-order valence-electron chi connectivity index (χ0n) is 15.5. The maximum atomic E-state index is 13.1. The van der Waals surface area contributed by atoms with Gasteiger partial charge in [0.05, 0.1) is 5.75 Å². The van der Waals surface area contributed by atoms with Crippen molar-refractivity contribution in [3.8, 4) is 0 Å². The van der Waals surface area contributed by atoms with E-state index >= 15 is 0 Å². The number of aryl methyl sites for hydroxylation is 1. The van der Waals surface area contributed by atoms with Gasteiger partial charge in [0.25, 0.3) is 0 Å². The minimum absolute atomic E-state index is 0.0114. The molecule has 26 heavy (non-hydrogen) atoms. The molecule has 0 aliphatic heterocycles. The highest BCUT2D eigenvalue weighted by Gasteiger charge is 2.20. The molecule has 0 bridgehead atoms. The first-order valence-electron chi connectivity index (χ1n) is 9.06. The van der Waals surface area contributed by atoms with E-state index in [1.54, 1.807) is 13.1 Å². The number of nitrogens with zero attached hydrogens (tertiary/aromatic N) is 1. The van der Waals surface area contributed by atoms with Crippen molar-refractivity contribution in [3.05, 3.63) is 35.1 Å². The fraction of sp³-hybridized carbons (Fsp3) is 0.611. The molecule has 1 aliphatic rings. The fourth-order valence-corrected chi connectivity index (χ4v) is 3.80. The van der Waals surface area contributed by atoms with Gasteiger partial charge in [0, 0.05) is 26.7 Å². The van der Waals surface area contributed by atoms with Crippen LogP contribution in [0.2, 0.25) is 0 Å². The second kappa shape index (κ2) is 9.87. The number of guanidine groups is 1. The number of hydrogen-bond acceptors (Lipinski definition) is 3. The third kappa shape index (κ3) is 6.92. The second-order valence-corrected chi connectivity index (χ2v) is 8.64. The lowest BCUT2D eigenvalue weighted by molar-refractivity contribution is 0.316. The summed E-state index contributed by atoms with van der Waals surface area (Å²) in [6.45, 7) is 3.34. The van der Waals surface area contributed by atoms with E-state index in [1.807, 2.05) is 6.92 Å². The Labute approximate surface area is 155 Å². The van der Waals surface area contributed by atoms with Crippen molar-refractivity contribution >= 4 is 16.0 Å². The number of halogens is 1. The molecule has 1 aromatic carbocycles. The molecule has 8 heteroatoms. The molecule has 0 unspecified atom stereocenters. The summed E-state index contributed by atoms with van der Waals surface area (Å²) >= 11 is 0. The van der Waals surface area contributed by atoms with Gasteiger partial charge in [0.1, 0.15) is 5.82 Å². The number of hydrogen-bond donors (Lipinski definition) is 3. The first kappa shape index (κ1) is 20.6. The largest absolute Gasteiger partial charge is 0.356 e. The van der Waals surface area contributed by atoms with E-state index in [0.29, 0.717) is 25.0 Å². The minimum atomic E-state index is -3.26. The van der Waals surface area contributed by atoms with Crippen LogP contribution in [0.15, 0.2) is 23.2 Å². The van der Waals surface area contributed by atoms with Gasteiger partial charge in [-0.3, -0.25) is 4.99 Å². The molecule has 1 saturated carbocycles. The Kier molecular flexibility index (Phi) is 7.84. The Morgan fingerprint density at radius 1 is 1.27 bits per heavy atom. The molecule has 1 aliphatic carbocycles. The molecule has 1 fully saturated rings. The summed E-state index contributed by atoms with van der Waals surface area (Å²) in [5, 5.41) is 6.16. The van der Waals surface area contributed by atoms with Gasteiger partial charge in [0.2, 0.25) is 10.0 Å². The highest BCUT2D eigenvalue weighted by Crippen LogP contribution is 2.25. The Hall–Kier alpha value is -1.67. The van der Waals surface area contributed by atoms with Crippen LogP contribution >= 0.6 is 0 Å². The Morgan fingerprint density at radius 2 is 2.00 bits per heavy atom. The SMILES string of the molecule is CN=C(NCCc1ccc(F)cc1C)NCCS(=O)(=O)NCC1CCC1. The van der Waals surface area contributed by atoms with Gasteiger partial charge in [-0.2, -0.15) is 0 Å². The van der Waals surface area contributed by atoms with Crippen LogP contribution in [-0.4, -0.2) is 46.8 Å². The molecular formula is C18H29FN4O2S. The summed E-state index contributed by atoms with van der Waals surface area (Å²) in [6.07, 6.45) is 4.16. The summed E-state index contributed by atoms with van der Waals surface area (Å²) in [4.78, 5) is 4.09. The lowest BCUT2D eigenvalue weighted by Gasteiger charge is -2.25. The zero-order chi connectivity index (χ0) is 19.0. The van der Waals surface area contributed by atoms with E-state index in [9.17, 15) is 12.8 Å². The fourth-order valence-electron chi connectivity index (χ4n) is 2.79. The topological polar surface area (TPSA) is 82.6 Å². The number of benzene rings is 1. The molecule has 2 rings (SSSR count). The minimum Gasteiger partial charge on any atom is -0.356 e. The molecule has 0 amide bonds. The lowest BCUT2D eigenvalue weighted by atomic mass is 9.86. The van der Waals surface area contributed by atoms with Crippen molar-refractivity contribution < 1.29 is 12.8 Å². The van der Waals surface area contributed by atoms with Crippen molar-refractivity contribution in [3.63, 3.8) is 0 Å². The Bertz CT molecular complexity index is 718. The van der Waals surface area contributed by atoms with Crippen LogP contribution < -0.4 is 15.4 Å². The van der Waals surface area contributed by atoms with Crippen LogP contribution in [0.4, 0.5) is 4.39 Å². The van der Waals surface area contributed by atoms with E-state index in [-0.39, 0.29) is 18.1 Å². The first-order valence-corrected chi connectivity index (χ1v) is 10.7. The summed E-state index contributed by atoms with van der Waals surface area (Å²) in [5.74, 6) is 0.835. The molecule has 0 saturated heterocycles. The summed E-state index contributed by atoms with van der Waals surface area (Å²) < 4.78 is 39.7. The van der Waals surface area contributed by atoms with Gasteiger partial charge < -0.3 is 10.6 Å². The maximum Gasteiger partial charge on any atom is 0.213 e. The van der Waals surface area contributed by atoms with Crippen LogP contribution in [0.3, 0.4) is 0 Å². The van der Waals surface area contributed by atoms with Crippen LogP contribution in [-0.2, 0) is 16.4 Å². The van der Waals surface area contributed by atoms with Gasteiger partial charge >= 0.3 is 0 Å². The van der Waals surface area contributed by atoms with Gasteiger partial charge in [-0.25, -0.2) is 17.5 Å². The van der Waals surface area contributed by atoms with E-state index in [4.69, 9.17) is 0 Å². The molecule has 0 aromatic heterocycles. The van der Waals surface area contributed by atoms with Crippen LogP contribution in [0.5, 0.6) is 0 Å². The molecule has 0 heterocycles. The van der Waals surface area contributed by atoms with E-state index in [1.165, 1.54) is 18.6 Å². The maximum absolute atomic E-state index is 13.1. The van der Waals surface area contributed by atoms with Crippen LogP contribution in [0, 0.1) is 18.7 Å². The molecule has 0 spiro atoms. The highest BCUT2D eigenvalue weighted by molar-refractivity contribution is 7.89. The van der Waals surface area contributed by atoms with Crippen LogP contribution in [0.1, 0.15) is 30.4 Å². The molecule has 0 radical (unpaired) electrons. The van der Waals surface area contributed by atoms with Crippen LogP contribution in [0.25, 0.3) is 0 Å². The van der Waals surface area contributed by atoms with Crippen molar-refractivity contribution in [1.29, 1.82) is 0 Å². The molecule has 146 valence electrons. The number of aliphatic imine (C=N–C) groups is 1. The van der Waals surface area contributed by atoms with Gasteiger partial charge in [0.15, 0.2) is 5.96 Å². The van der Waals surface area contributed by atoms with Crippen molar-refractivity contribution in [2.24, 2.45) is 10.9 Å². The molecular weight excluding hydrogens is 355 g/mol. The van der Waals surface area contributed by atoms with Crippen molar-refractivity contribution in [2.75, 3.05) is 32.4 Å². The first-order chi connectivity index (χ1) is 12.4. The van der Waals surface area contributed by atoms with E-state index in [0.717, 1.165) is 30.4 Å². The average Bonchev–Trinajstić information content (AvgIpc) is 2.53. The predicted octanol–water partition coefficient (Wildman–Crippen LogP) is 1.56. The third-order valence-corrected chi connectivity index (χ3v) is 6.04. The summed E-state index contributed by atoms with van der Waals surface area (Å²) in [7, 11) is -1.62. The Morgan fingerprint density at radius 3 is 2.62 bits per heavy atom. The molecule has 3 N–H and O–H groups in total. The molecule has 6 nitrogen and oxygen atoms in total. The van der Waals surface area contributed by atoms with E-state index < -0.39 is 10.0 Å². The van der Waals surface area contributed by atoms with Gasteiger partial charge in [-0.1, -0.05) is 12.5 Å². The average molecular weight is 385 g/mol. The monoisotopic (exact) mass is 384 g/mol. The standard InChI is InChI=1S/C18H29FN4O2S/c1-14-12-17(19)7-6-16(14)8-9-21-18(20-2)22-10-11-26(24,25)23-13-15-4-3-5-15/h6-7,12,15,23H,3-5,8-11,13H2,1-2H3,(H2,20,21,22). The van der Waals surface area contributed by atoms with Crippen molar-refractivity contribution in [1.82, 2.24) is 15.4 Å². The quantitative estimate of drug-likeness (QED) is 0.446. The number of sulfonamides is 1. The zero-order valence-corrected chi connectivity index (χ0v) is 16.3. The Balaban J connectivity index is 1.66. The lowest BCUT2D eigenvalue weighted by Crippen LogP contribution is -2.42. The highest BCUT2D eigenvalue weighted by atomic mass is 32.2. The van der Waals surface area contributed by atoms with Gasteiger partial charge in [-0.05, 0) is 55.4 Å². The summed E-state index contributed by atoms with van der Waals surface area (Å²) in [6, 6.07) is 4.75. The smallest absolute Gasteiger partial charge is 0.213 e. The molecule has 1 aromatic rings. The second-order valence-electron chi connectivity index (χ2n) is 6.71. The normalized spacial score (nSPS) is 15.6. The predicted molar refractivity (Wildman–Crippen MR) is 103 cm³/mol. The van der Waals surface area contributed by atoms with Crippen molar-refractivity contribution in [2.45, 2.75) is 32.6 Å². The van der Waals surface area contributed by atoms with Gasteiger partial charge in [-0.15, -0.1) is 0 Å². The summed E-state index contributed by atoms with van der Waals surface area (Å²) in [5.41, 5.74) is 1.98.